The summed E-state index contributed by atoms with van der Waals surface area (Å²) < 4.78 is 40.9. The standard InChI is InChI=1S/C24H23FN2O3S/c1-16-14-20-15-19(24(28)26-17(2)18-8-11-21(25)12-9-18)10-13-23(20)27(16)31(29,30)22-6-4-3-5-7-22/h3-13,15-17H,14H2,1-2H3,(H,26,28)/t16-,17-/m0/s1. The summed E-state index contributed by atoms with van der Waals surface area (Å²) in [5.74, 6) is -0.596. The Kier molecular flexibility index (Phi) is 5.54. The minimum Gasteiger partial charge on any atom is -0.346 e. The molecule has 1 aliphatic rings. The van der Waals surface area contributed by atoms with Crippen LogP contribution in [0.15, 0.2) is 77.7 Å². The highest BCUT2D eigenvalue weighted by Gasteiger charge is 2.36. The molecule has 3 aromatic rings. The van der Waals surface area contributed by atoms with Gasteiger partial charge in [0.15, 0.2) is 0 Å². The highest BCUT2D eigenvalue weighted by Crippen LogP contribution is 2.37. The fourth-order valence-electron chi connectivity index (χ4n) is 3.93. The quantitative estimate of drug-likeness (QED) is 0.640. The maximum atomic E-state index is 13.2. The number of amides is 1. The number of fused-ring (bicyclic) bond motifs is 1. The molecule has 7 heteroatoms. The van der Waals surface area contributed by atoms with Crippen LogP contribution in [0.4, 0.5) is 10.1 Å². The van der Waals surface area contributed by atoms with Gasteiger partial charge in [0, 0.05) is 11.6 Å². The van der Waals surface area contributed by atoms with Crippen molar-refractivity contribution in [1.82, 2.24) is 5.32 Å². The summed E-state index contributed by atoms with van der Waals surface area (Å²) >= 11 is 0. The van der Waals surface area contributed by atoms with Crippen LogP contribution < -0.4 is 9.62 Å². The van der Waals surface area contributed by atoms with Gasteiger partial charge in [-0.1, -0.05) is 30.3 Å². The first-order chi connectivity index (χ1) is 14.8. The minimum atomic E-state index is -3.69. The molecule has 0 aliphatic carbocycles. The molecule has 1 heterocycles. The van der Waals surface area contributed by atoms with Crippen molar-refractivity contribution in [2.75, 3.05) is 4.31 Å². The van der Waals surface area contributed by atoms with Crippen LogP contribution in [-0.2, 0) is 16.4 Å². The molecule has 0 bridgehead atoms. The largest absolute Gasteiger partial charge is 0.346 e. The number of nitrogens with zero attached hydrogens (tertiary/aromatic N) is 1. The Bertz CT molecular complexity index is 1210. The fourth-order valence-corrected chi connectivity index (χ4v) is 5.64. The molecule has 0 unspecified atom stereocenters. The third-order valence-electron chi connectivity index (χ3n) is 5.51. The molecule has 0 saturated carbocycles. The highest BCUT2D eigenvalue weighted by molar-refractivity contribution is 7.92. The van der Waals surface area contributed by atoms with Crippen molar-refractivity contribution in [3.05, 3.63) is 95.3 Å². The monoisotopic (exact) mass is 438 g/mol. The predicted octanol–water partition coefficient (Wildman–Crippen LogP) is 4.46. The topological polar surface area (TPSA) is 66.5 Å². The van der Waals surface area contributed by atoms with Crippen molar-refractivity contribution in [1.29, 1.82) is 0 Å². The molecular weight excluding hydrogens is 415 g/mol. The van der Waals surface area contributed by atoms with Crippen LogP contribution >= 0.6 is 0 Å². The zero-order chi connectivity index (χ0) is 22.2. The van der Waals surface area contributed by atoms with Gasteiger partial charge in [-0.05, 0) is 73.9 Å². The van der Waals surface area contributed by atoms with Gasteiger partial charge < -0.3 is 5.32 Å². The molecule has 160 valence electrons. The smallest absolute Gasteiger partial charge is 0.264 e. The molecule has 3 aromatic carbocycles. The third kappa shape index (κ3) is 4.05. The van der Waals surface area contributed by atoms with Gasteiger partial charge in [0.1, 0.15) is 5.82 Å². The second kappa shape index (κ2) is 8.15. The summed E-state index contributed by atoms with van der Waals surface area (Å²) in [5, 5.41) is 2.91. The maximum Gasteiger partial charge on any atom is 0.264 e. The number of nitrogens with one attached hydrogen (secondary N) is 1. The second-order valence-corrected chi connectivity index (χ2v) is 9.57. The van der Waals surface area contributed by atoms with Gasteiger partial charge in [-0.3, -0.25) is 9.10 Å². The Morgan fingerprint density at radius 2 is 1.74 bits per heavy atom. The van der Waals surface area contributed by atoms with Crippen LogP contribution in [0, 0.1) is 5.82 Å². The Labute approximate surface area is 181 Å². The van der Waals surface area contributed by atoms with E-state index in [1.54, 1.807) is 60.7 Å². The predicted molar refractivity (Wildman–Crippen MR) is 118 cm³/mol. The van der Waals surface area contributed by atoms with E-state index in [1.807, 2.05) is 13.8 Å². The van der Waals surface area contributed by atoms with Crippen LogP contribution in [0.3, 0.4) is 0 Å². The van der Waals surface area contributed by atoms with Crippen LogP contribution in [0.25, 0.3) is 0 Å². The lowest BCUT2D eigenvalue weighted by Crippen LogP contribution is -2.35. The molecule has 0 spiro atoms. The number of carbonyl (C=O) groups excluding carboxylic acids is 1. The molecule has 0 saturated heterocycles. The molecule has 4 rings (SSSR count). The van der Waals surface area contributed by atoms with E-state index in [4.69, 9.17) is 0 Å². The summed E-state index contributed by atoms with van der Waals surface area (Å²) in [6, 6.07) is 18.9. The number of carbonyl (C=O) groups is 1. The first-order valence-corrected chi connectivity index (χ1v) is 11.5. The number of hydrogen-bond acceptors (Lipinski definition) is 3. The molecule has 1 amide bonds. The molecule has 0 radical (unpaired) electrons. The molecule has 31 heavy (non-hydrogen) atoms. The summed E-state index contributed by atoms with van der Waals surface area (Å²) in [6.07, 6.45) is 0.524. The molecule has 2 atom stereocenters. The number of halogens is 1. The average Bonchev–Trinajstić information content (AvgIpc) is 3.10. The van der Waals surface area contributed by atoms with Gasteiger partial charge in [-0.2, -0.15) is 0 Å². The fraction of sp³-hybridized carbons (Fsp3) is 0.208. The number of rotatable bonds is 5. The minimum absolute atomic E-state index is 0.240. The van der Waals surface area contributed by atoms with Gasteiger partial charge in [0.2, 0.25) is 0 Å². The van der Waals surface area contributed by atoms with Gasteiger partial charge in [0.05, 0.1) is 16.6 Å². The number of anilines is 1. The van der Waals surface area contributed by atoms with E-state index >= 15 is 0 Å². The van der Waals surface area contributed by atoms with Gasteiger partial charge in [-0.15, -0.1) is 0 Å². The van der Waals surface area contributed by atoms with Crippen molar-refractivity contribution in [3.63, 3.8) is 0 Å². The lowest BCUT2D eigenvalue weighted by Gasteiger charge is -2.24. The van der Waals surface area contributed by atoms with Crippen LogP contribution in [0.2, 0.25) is 0 Å². The molecular formula is C24H23FN2O3S. The summed E-state index contributed by atoms with van der Waals surface area (Å²) in [5.41, 5.74) is 2.66. The molecule has 0 aromatic heterocycles. The van der Waals surface area contributed by atoms with E-state index < -0.39 is 10.0 Å². The Morgan fingerprint density at radius 3 is 2.42 bits per heavy atom. The maximum absolute atomic E-state index is 13.2. The van der Waals surface area contributed by atoms with E-state index in [2.05, 4.69) is 5.32 Å². The van der Waals surface area contributed by atoms with Crippen molar-refractivity contribution in [3.8, 4) is 0 Å². The Morgan fingerprint density at radius 1 is 1.06 bits per heavy atom. The summed E-state index contributed by atoms with van der Waals surface area (Å²) in [4.78, 5) is 13.0. The number of benzene rings is 3. The van der Waals surface area contributed by atoms with Gasteiger partial charge >= 0.3 is 0 Å². The molecule has 0 fully saturated rings. The second-order valence-electron chi connectivity index (χ2n) is 7.76. The lowest BCUT2D eigenvalue weighted by molar-refractivity contribution is 0.0940. The Balaban J connectivity index is 1.57. The lowest BCUT2D eigenvalue weighted by atomic mass is 10.0. The zero-order valence-corrected chi connectivity index (χ0v) is 18.1. The van der Waals surface area contributed by atoms with Gasteiger partial charge in [0.25, 0.3) is 15.9 Å². The molecule has 5 nitrogen and oxygen atoms in total. The van der Waals surface area contributed by atoms with Crippen molar-refractivity contribution < 1.29 is 17.6 Å². The molecule has 1 aliphatic heterocycles. The van der Waals surface area contributed by atoms with E-state index in [-0.39, 0.29) is 28.7 Å². The van der Waals surface area contributed by atoms with Crippen LogP contribution in [-0.4, -0.2) is 20.4 Å². The van der Waals surface area contributed by atoms with E-state index in [1.165, 1.54) is 16.4 Å². The van der Waals surface area contributed by atoms with E-state index in [9.17, 15) is 17.6 Å². The zero-order valence-electron chi connectivity index (χ0n) is 17.2. The van der Waals surface area contributed by atoms with Crippen LogP contribution in [0.5, 0.6) is 0 Å². The highest BCUT2D eigenvalue weighted by atomic mass is 32.2. The normalized spacial score (nSPS) is 16.6. The number of hydrogen-bond donors (Lipinski definition) is 1. The van der Waals surface area contributed by atoms with E-state index in [0.29, 0.717) is 17.7 Å². The average molecular weight is 439 g/mol. The summed E-state index contributed by atoms with van der Waals surface area (Å²) in [7, 11) is -3.69. The van der Waals surface area contributed by atoms with Crippen molar-refractivity contribution >= 4 is 21.6 Å². The SMILES string of the molecule is C[C@H](NC(=O)c1ccc2c(c1)C[C@H](C)N2S(=O)(=O)c1ccccc1)c1ccc(F)cc1. The van der Waals surface area contributed by atoms with Crippen LogP contribution in [0.1, 0.15) is 41.4 Å². The van der Waals surface area contributed by atoms with Crippen molar-refractivity contribution in [2.24, 2.45) is 0 Å². The Hall–Kier alpha value is -3.19. The van der Waals surface area contributed by atoms with Crippen molar-refractivity contribution in [2.45, 2.75) is 37.2 Å². The molecule has 1 N–H and O–H groups in total. The van der Waals surface area contributed by atoms with Gasteiger partial charge in [-0.25, -0.2) is 12.8 Å². The van der Waals surface area contributed by atoms with E-state index in [0.717, 1.165) is 11.1 Å². The third-order valence-corrected chi connectivity index (χ3v) is 7.45. The first-order valence-electron chi connectivity index (χ1n) is 10.1. The number of sulfonamides is 1. The first kappa shape index (κ1) is 21.1. The summed E-state index contributed by atoms with van der Waals surface area (Å²) in [6.45, 7) is 3.69.